The molecule has 0 N–H and O–H groups in total. The number of hydrogen-bond donors (Lipinski definition) is 0. The Bertz CT molecular complexity index is 677. The van der Waals surface area contributed by atoms with Crippen molar-refractivity contribution in [3.05, 3.63) is 30.4 Å². The molecule has 1 aromatic rings. The fourth-order valence-corrected chi connectivity index (χ4v) is 3.28. The summed E-state index contributed by atoms with van der Waals surface area (Å²) in [4.78, 5) is 14.2. The molecule has 0 fully saturated rings. The van der Waals surface area contributed by atoms with E-state index in [0.717, 1.165) is 6.04 Å². The zero-order valence-electron chi connectivity index (χ0n) is 19.2. The summed E-state index contributed by atoms with van der Waals surface area (Å²) in [5, 5.41) is 0. The number of carbonyl (C=O) groups excluding carboxylic acids is 1. The van der Waals surface area contributed by atoms with Gasteiger partial charge in [0.1, 0.15) is 18.0 Å². The maximum absolute atomic E-state index is 12.6. The van der Waals surface area contributed by atoms with Crippen LogP contribution >= 0.6 is 0 Å². The summed E-state index contributed by atoms with van der Waals surface area (Å²) in [6, 6.07) is 6.45. The molecule has 29 heavy (non-hydrogen) atoms. The van der Waals surface area contributed by atoms with Gasteiger partial charge in [-0.1, -0.05) is 31.8 Å². The molecule has 0 radical (unpaired) electrons. The van der Waals surface area contributed by atoms with Crippen LogP contribution < -0.4 is 14.2 Å². The minimum absolute atomic E-state index is 0.342. The van der Waals surface area contributed by atoms with Gasteiger partial charge in [-0.3, -0.25) is 0 Å². The van der Waals surface area contributed by atoms with Gasteiger partial charge in [-0.25, -0.2) is 4.79 Å². The molecule has 0 aliphatic heterocycles. The molecule has 0 heterocycles. The lowest BCUT2D eigenvalue weighted by Gasteiger charge is -2.26. The van der Waals surface area contributed by atoms with E-state index in [0.29, 0.717) is 36.9 Å². The SMILES string of the molecule is COc1ccc(OCCN(CC=CC[Si](C)(C)C)C(=O)OC(C)(C)C)cc1OC. The maximum atomic E-state index is 12.6. The first-order valence-corrected chi connectivity index (χ1v) is 13.6. The van der Waals surface area contributed by atoms with Gasteiger partial charge in [0, 0.05) is 20.7 Å². The third-order valence-corrected chi connectivity index (χ3v) is 5.32. The van der Waals surface area contributed by atoms with Crippen molar-refractivity contribution in [3.8, 4) is 17.2 Å². The zero-order valence-corrected chi connectivity index (χ0v) is 20.2. The van der Waals surface area contributed by atoms with Crippen LogP contribution in [-0.4, -0.2) is 58.6 Å². The largest absolute Gasteiger partial charge is 0.493 e. The number of carbonyl (C=O) groups is 1. The van der Waals surface area contributed by atoms with Gasteiger partial charge in [0.15, 0.2) is 11.5 Å². The van der Waals surface area contributed by atoms with E-state index < -0.39 is 13.7 Å². The van der Waals surface area contributed by atoms with Crippen LogP contribution in [0.1, 0.15) is 20.8 Å². The first kappa shape index (κ1) is 24.9. The van der Waals surface area contributed by atoms with Crippen LogP contribution in [0, 0.1) is 0 Å². The van der Waals surface area contributed by atoms with Crippen LogP contribution in [0.25, 0.3) is 0 Å². The average molecular weight is 424 g/mol. The number of ether oxygens (including phenoxy) is 4. The van der Waals surface area contributed by atoms with E-state index in [4.69, 9.17) is 18.9 Å². The molecule has 6 nitrogen and oxygen atoms in total. The van der Waals surface area contributed by atoms with Crippen molar-refractivity contribution in [2.45, 2.75) is 52.1 Å². The van der Waals surface area contributed by atoms with Crippen LogP contribution in [0.15, 0.2) is 30.4 Å². The van der Waals surface area contributed by atoms with E-state index in [1.165, 1.54) is 0 Å². The Labute approximate surface area is 176 Å². The van der Waals surface area contributed by atoms with E-state index in [1.807, 2.05) is 32.9 Å². The molecule has 0 atom stereocenters. The lowest BCUT2D eigenvalue weighted by atomic mass is 10.2. The topological polar surface area (TPSA) is 57.2 Å². The normalized spacial score (nSPS) is 12.0. The highest BCUT2D eigenvalue weighted by molar-refractivity contribution is 6.76. The lowest BCUT2D eigenvalue weighted by Crippen LogP contribution is -2.39. The van der Waals surface area contributed by atoms with Crippen LogP contribution in [0.3, 0.4) is 0 Å². The fourth-order valence-electron chi connectivity index (χ4n) is 2.40. The second-order valence-electron chi connectivity index (χ2n) is 9.03. The molecule has 0 aliphatic rings. The van der Waals surface area contributed by atoms with Gasteiger partial charge in [-0.05, 0) is 38.9 Å². The Morgan fingerprint density at radius 3 is 2.28 bits per heavy atom. The maximum Gasteiger partial charge on any atom is 0.410 e. The Kier molecular flexibility index (Phi) is 9.56. The quantitative estimate of drug-likeness (QED) is 0.382. The molecule has 0 aromatic heterocycles. The molecule has 0 saturated heterocycles. The van der Waals surface area contributed by atoms with Crippen molar-refractivity contribution < 1.29 is 23.7 Å². The van der Waals surface area contributed by atoms with Crippen molar-refractivity contribution in [3.63, 3.8) is 0 Å². The summed E-state index contributed by atoms with van der Waals surface area (Å²) < 4.78 is 21.9. The molecule has 164 valence electrons. The summed E-state index contributed by atoms with van der Waals surface area (Å²) in [6.45, 7) is 13.8. The first-order chi connectivity index (χ1) is 13.4. The summed E-state index contributed by atoms with van der Waals surface area (Å²) in [6.07, 6.45) is 3.86. The van der Waals surface area contributed by atoms with E-state index in [9.17, 15) is 4.79 Å². The Morgan fingerprint density at radius 2 is 1.72 bits per heavy atom. The van der Waals surface area contributed by atoms with Crippen LogP contribution in [0.4, 0.5) is 4.79 Å². The van der Waals surface area contributed by atoms with E-state index in [-0.39, 0.29) is 6.09 Å². The Morgan fingerprint density at radius 1 is 1.07 bits per heavy atom. The Balaban J connectivity index is 2.72. The summed E-state index contributed by atoms with van der Waals surface area (Å²) in [5.74, 6) is 1.90. The standard InChI is InChI=1S/C22H37NO5Si/c1-22(2,3)28-21(24)23(13-9-10-16-29(6,7)8)14-15-27-18-11-12-19(25-4)20(17-18)26-5/h9-12,17H,13-16H2,1-8H3. The van der Waals surface area contributed by atoms with Gasteiger partial charge in [0.05, 0.1) is 20.8 Å². The summed E-state index contributed by atoms with van der Waals surface area (Å²) in [5.41, 5.74) is -0.540. The first-order valence-electron chi connectivity index (χ1n) is 9.93. The molecule has 0 spiro atoms. The second-order valence-corrected chi connectivity index (χ2v) is 14.6. The minimum Gasteiger partial charge on any atom is -0.493 e. The molecule has 0 bridgehead atoms. The van der Waals surface area contributed by atoms with Gasteiger partial charge in [0.2, 0.25) is 0 Å². The van der Waals surface area contributed by atoms with Crippen molar-refractivity contribution in [1.29, 1.82) is 0 Å². The number of rotatable bonds is 10. The molecule has 0 saturated carbocycles. The molecule has 0 aliphatic carbocycles. The number of benzene rings is 1. The van der Waals surface area contributed by atoms with Crippen LogP contribution in [0.2, 0.25) is 25.7 Å². The highest BCUT2D eigenvalue weighted by atomic mass is 28.3. The van der Waals surface area contributed by atoms with Gasteiger partial charge < -0.3 is 23.8 Å². The predicted molar refractivity (Wildman–Crippen MR) is 120 cm³/mol. The van der Waals surface area contributed by atoms with Gasteiger partial charge in [-0.2, -0.15) is 0 Å². The highest BCUT2D eigenvalue weighted by Crippen LogP contribution is 2.30. The number of allylic oxidation sites excluding steroid dienone is 1. The number of amides is 1. The highest BCUT2D eigenvalue weighted by Gasteiger charge is 2.21. The lowest BCUT2D eigenvalue weighted by molar-refractivity contribution is 0.0249. The zero-order chi connectivity index (χ0) is 22.1. The second kappa shape index (κ2) is 11.1. The van der Waals surface area contributed by atoms with Gasteiger partial charge in [0.25, 0.3) is 0 Å². The smallest absolute Gasteiger partial charge is 0.410 e. The van der Waals surface area contributed by atoms with Gasteiger partial charge in [-0.15, -0.1) is 0 Å². The van der Waals surface area contributed by atoms with Crippen LogP contribution in [0.5, 0.6) is 17.2 Å². The van der Waals surface area contributed by atoms with E-state index in [1.54, 1.807) is 31.3 Å². The minimum atomic E-state index is -1.15. The molecule has 1 rings (SSSR count). The monoisotopic (exact) mass is 423 g/mol. The molecule has 7 heteroatoms. The van der Waals surface area contributed by atoms with Crippen LogP contribution in [-0.2, 0) is 4.74 Å². The summed E-state index contributed by atoms with van der Waals surface area (Å²) in [7, 11) is 2.02. The van der Waals surface area contributed by atoms with Crippen molar-refractivity contribution in [2.24, 2.45) is 0 Å². The molecule has 0 unspecified atom stereocenters. The van der Waals surface area contributed by atoms with Crippen molar-refractivity contribution >= 4 is 14.2 Å². The molecule has 1 amide bonds. The third kappa shape index (κ3) is 10.3. The predicted octanol–water partition coefficient (Wildman–Crippen LogP) is 5.21. The number of nitrogens with zero attached hydrogens (tertiary/aromatic N) is 1. The molecular formula is C22H37NO5Si. The summed E-state index contributed by atoms with van der Waals surface area (Å²) >= 11 is 0. The number of hydrogen-bond acceptors (Lipinski definition) is 5. The third-order valence-electron chi connectivity index (χ3n) is 3.86. The fraction of sp³-hybridized carbons (Fsp3) is 0.591. The molecule has 1 aromatic carbocycles. The average Bonchev–Trinajstić information content (AvgIpc) is 2.61. The molecular weight excluding hydrogens is 386 g/mol. The van der Waals surface area contributed by atoms with E-state index >= 15 is 0 Å². The van der Waals surface area contributed by atoms with Crippen molar-refractivity contribution in [2.75, 3.05) is 33.9 Å². The Hall–Kier alpha value is -2.15. The van der Waals surface area contributed by atoms with Crippen molar-refractivity contribution in [1.82, 2.24) is 4.90 Å². The number of methoxy groups -OCH3 is 2. The van der Waals surface area contributed by atoms with Gasteiger partial charge >= 0.3 is 6.09 Å². The van der Waals surface area contributed by atoms with E-state index in [2.05, 4.69) is 25.7 Å².